The number of amides is 2. The molecule has 4 aromatic rings. The molecule has 0 spiro atoms. The quantitative estimate of drug-likeness (QED) is 0.390. The number of H-pyrrole nitrogens is 1. The number of anilines is 1. The summed E-state index contributed by atoms with van der Waals surface area (Å²) >= 11 is 0. The normalized spacial score (nSPS) is 12.1. The molecule has 1 atom stereocenters. The van der Waals surface area contributed by atoms with E-state index in [4.69, 9.17) is 0 Å². The van der Waals surface area contributed by atoms with E-state index in [0.29, 0.717) is 16.9 Å². The van der Waals surface area contributed by atoms with Crippen molar-refractivity contribution in [1.82, 2.24) is 15.3 Å². The maximum Gasteiger partial charge on any atom is 0.275 e. The van der Waals surface area contributed by atoms with Crippen LogP contribution < -0.4 is 10.2 Å². The summed E-state index contributed by atoms with van der Waals surface area (Å²) in [6.07, 6.45) is 3.14. The third-order valence-electron chi connectivity index (χ3n) is 5.35. The minimum atomic E-state index is -1.02. The molecule has 0 aliphatic carbocycles. The highest BCUT2D eigenvalue weighted by atomic mass is 19.1. The molecule has 35 heavy (non-hydrogen) atoms. The van der Waals surface area contributed by atoms with Gasteiger partial charge in [-0.15, -0.1) is 0 Å². The van der Waals surface area contributed by atoms with E-state index in [2.05, 4.69) is 15.3 Å². The van der Waals surface area contributed by atoms with E-state index in [1.807, 2.05) is 57.2 Å². The van der Waals surface area contributed by atoms with Crippen LogP contribution in [0.15, 0.2) is 91.3 Å². The number of carbonyl (C=O) groups is 2. The second kappa shape index (κ2) is 9.93. The van der Waals surface area contributed by atoms with Crippen LogP contribution in [0.5, 0.6) is 0 Å². The molecule has 2 aromatic heterocycles. The van der Waals surface area contributed by atoms with E-state index in [0.717, 1.165) is 11.3 Å². The zero-order chi connectivity index (χ0) is 25.0. The van der Waals surface area contributed by atoms with Crippen molar-refractivity contribution in [1.29, 1.82) is 0 Å². The van der Waals surface area contributed by atoms with Gasteiger partial charge in [0, 0.05) is 29.3 Å². The molecule has 0 aliphatic rings. The van der Waals surface area contributed by atoms with Crippen molar-refractivity contribution in [2.75, 3.05) is 4.90 Å². The van der Waals surface area contributed by atoms with Crippen molar-refractivity contribution in [2.24, 2.45) is 0 Å². The average Bonchev–Trinajstić information content (AvgIpc) is 3.33. The molecule has 1 unspecified atom stereocenters. The summed E-state index contributed by atoms with van der Waals surface area (Å²) in [5, 5.41) is 2.98. The molecular weight excluding hydrogens is 443 g/mol. The first-order chi connectivity index (χ1) is 16.7. The van der Waals surface area contributed by atoms with Gasteiger partial charge in [-0.3, -0.25) is 19.5 Å². The predicted octanol–water partition coefficient (Wildman–Crippen LogP) is 5.52. The van der Waals surface area contributed by atoms with E-state index < -0.39 is 23.3 Å². The number of hydrogen-bond donors (Lipinski definition) is 2. The molecule has 0 radical (unpaired) electrons. The Labute approximate surface area is 203 Å². The Balaban J connectivity index is 1.82. The van der Waals surface area contributed by atoms with E-state index >= 15 is 0 Å². The van der Waals surface area contributed by atoms with Crippen molar-refractivity contribution in [2.45, 2.75) is 32.4 Å². The minimum absolute atomic E-state index is 0.302. The molecule has 4 rings (SSSR count). The molecule has 0 fully saturated rings. The summed E-state index contributed by atoms with van der Waals surface area (Å²) in [4.78, 5) is 36.2. The van der Waals surface area contributed by atoms with Gasteiger partial charge in [0.15, 0.2) is 0 Å². The van der Waals surface area contributed by atoms with Gasteiger partial charge in [-0.1, -0.05) is 30.3 Å². The molecule has 0 saturated carbocycles. The Kier molecular flexibility index (Phi) is 6.78. The molecule has 2 heterocycles. The first kappa shape index (κ1) is 23.9. The fourth-order valence-corrected chi connectivity index (χ4v) is 3.82. The molecule has 0 aliphatic heterocycles. The van der Waals surface area contributed by atoms with Crippen molar-refractivity contribution in [3.8, 4) is 11.3 Å². The van der Waals surface area contributed by atoms with Crippen molar-refractivity contribution >= 4 is 17.5 Å². The number of nitrogens with one attached hydrogen (secondary N) is 2. The number of aromatic nitrogens is 2. The number of aromatic amines is 1. The highest BCUT2D eigenvalue weighted by molar-refractivity contribution is 6.09. The molecular formula is C28H27FN4O2. The smallest absolute Gasteiger partial charge is 0.275 e. The van der Waals surface area contributed by atoms with Gasteiger partial charge in [-0.25, -0.2) is 4.39 Å². The summed E-state index contributed by atoms with van der Waals surface area (Å²) in [5.41, 5.74) is 2.43. The lowest BCUT2D eigenvalue weighted by molar-refractivity contribution is -0.123. The highest BCUT2D eigenvalue weighted by Gasteiger charge is 2.35. The van der Waals surface area contributed by atoms with Crippen molar-refractivity contribution < 1.29 is 14.0 Å². The summed E-state index contributed by atoms with van der Waals surface area (Å²) < 4.78 is 13.8. The topological polar surface area (TPSA) is 78.1 Å². The fraction of sp³-hybridized carbons (Fsp3) is 0.179. The molecule has 2 aromatic carbocycles. The standard InChI is InChI=1S/C28H27FN4O2/c1-28(2,3)32-26(34)25(20-15-17-30-18-16-20)33(22-11-9-21(29)10-12-22)27(35)24-14-13-23(31-24)19-7-5-4-6-8-19/h4-18,25,31H,1-3H3,(H,32,34). The van der Waals surface area contributed by atoms with E-state index in [-0.39, 0.29) is 5.91 Å². The number of benzene rings is 2. The number of pyridine rings is 1. The summed E-state index contributed by atoms with van der Waals surface area (Å²) in [7, 11) is 0. The van der Waals surface area contributed by atoms with Crippen LogP contribution in [-0.2, 0) is 4.79 Å². The van der Waals surface area contributed by atoms with Gasteiger partial charge in [-0.2, -0.15) is 0 Å². The second-order valence-electron chi connectivity index (χ2n) is 9.23. The number of halogens is 1. The molecule has 6 nitrogen and oxygen atoms in total. The van der Waals surface area contributed by atoms with Gasteiger partial charge in [0.1, 0.15) is 17.6 Å². The summed E-state index contributed by atoms with van der Waals surface area (Å²) in [6.45, 7) is 5.61. The van der Waals surface area contributed by atoms with Crippen LogP contribution in [0, 0.1) is 5.82 Å². The fourth-order valence-electron chi connectivity index (χ4n) is 3.82. The van der Waals surface area contributed by atoms with Gasteiger partial charge >= 0.3 is 0 Å². The largest absolute Gasteiger partial charge is 0.351 e. The monoisotopic (exact) mass is 470 g/mol. The van der Waals surface area contributed by atoms with E-state index in [1.165, 1.54) is 29.2 Å². The minimum Gasteiger partial charge on any atom is -0.351 e. The van der Waals surface area contributed by atoms with Crippen LogP contribution in [0.2, 0.25) is 0 Å². The highest BCUT2D eigenvalue weighted by Crippen LogP contribution is 2.31. The Morgan fingerprint density at radius 3 is 2.20 bits per heavy atom. The van der Waals surface area contributed by atoms with Crippen molar-refractivity contribution in [3.05, 3.63) is 108 Å². The van der Waals surface area contributed by atoms with Crippen LogP contribution in [0.1, 0.15) is 42.9 Å². The Bertz CT molecular complexity index is 1300. The van der Waals surface area contributed by atoms with Crippen LogP contribution >= 0.6 is 0 Å². The number of carbonyl (C=O) groups excluding carboxylic acids is 2. The molecule has 2 N–H and O–H groups in total. The molecule has 0 saturated heterocycles. The molecule has 7 heteroatoms. The predicted molar refractivity (Wildman–Crippen MR) is 134 cm³/mol. The third kappa shape index (κ3) is 5.63. The Morgan fingerprint density at radius 2 is 1.57 bits per heavy atom. The molecule has 0 bridgehead atoms. The average molecular weight is 471 g/mol. The maximum atomic E-state index is 14.0. The van der Waals surface area contributed by atoms with Gasteiger partial charge < -0.3 is 10.3 Å². The van der Waals surface area contributed by atoms with Gasteiger partial charge in [0.05, 0.1) is 0 Å². The maximum absolute atomic E-state index is 14.0. The van der Waals surface area contributed by atoms with E-state index in [1.54, 1.807) is 30.6 Å². The zero-order valence-electron chi connectivity index (χ0n) is 19.8. The summed E-state index contributed by atoms with van der Waals surface area (Å²) in [5.74, 6) is -1.23. The number of nitrogens with zero attached hydrogens (tertiary/aromatic N) is 2. The number of rotatable bonds is 6. The van der Waals surface area contributed by atoms with Crippen LogP contribution in [0.4, 0.5) is 10.1 Å². The number of hydrogen-bond acceptors (Lipinski definition) is 3. The summed E-state index contributed by atoms with van der Waals surface area (Å²) in [6, 6.07) is 21.0. The third-order valence-corrected chi connectivity index (χ3v) is 5.35. The van der Waals surface area contributed by atoms with Gasteiger partial charge in [-0.05, 0) is 80.4 Å². The Hall–Kier alpha value is -4.26. The lowest BCUT2D eigenvalue weighted by atomic mass is 10.0. The van der Waals surface area contributed by atoms with Crippen molar-refractivity contribution in [3.63, 3.8) is 0 Å². The lowest BCUT2D eigenvalue weighted by Crippen LogP contribution is -2.49. The zero-order valence-corrected chi connectivity index (χ0v) is 19.8. The SMILES string of the molecule is CC(C)(C)NC(=O)C(c1ccncc1)N(C(=O)c1ccc(-c2ccccc2)[nH]1)c1ccc(F)cc1. The lowest BCUT2D eigenvalue weighted by Gasteiger charge is -2.33. The van der Waals surface area contributed by atoms with Gasteiger partial charge in [0.2, 0.25) is 5.91 Å². The first-order valence-corrected chi connectivity index (χ1v) is 11.3. The van der Waals surface area contributed by atoms with Gasteiger partial charge in [0.25, 0.3) is 5.91 Å². The van der Waals surface area contributed by atoms with Crippen LogP contribution in [0.25, 0.3) is 11.3 Å². The van der Waals surface area contributed by atoms with Crippen LogP contribution in [-0.4, -0.2) is 27.3 Å². The Morgan fingerprint density at radius 1 is 0.914 bits per heavy atom. The second-order valence-corrected chi connectivity index (χ2v) is 9.23. The molecule has 2 amide bonds. The molecule has 178 valence electrons. The van der Waals surface area contributed by atoms with E-state index in [9.17, 15) is 14.0 Å². The first-order valence-electron chi connectivity index (χ1n) is 11.3. The van der Waals surface area contributed by atoms with Crippen LogP contribution in [0.3, 0.4) is 0 Å².